The van der Waals surface area contributed by atoms with Crippen LogP contribution in [0, 0.1) is 5.82 Å². The minimum Gasteiger partial charge on any atom is -0.497 e. The molecule has 0 unspecified atom stereocenters. The van der Waals surface area contributed by atoms with Gasteiger partial charge in [0.15, 0.2) is 0 Å². The normalized spacial score (nSPS) is 11.2. The van der Waals surface area contributed by atoms with Crippen molar-refractivity contribution in [3.63, 3.8) is 0 Å². The number of carbonyl (C=O) groups excluding carboxylic acids is 1. The van der Waals surface area contributed by atoms with E-state index in [9.17, 15) is 17.6 Å². The Morgan fingerprint density at radius 3 is 2.45 bits per heavy atom. The highest BCUT2D eigenvalue weighted by molar-refractivity contribution is 7.89. The molecule has 0 spiro atoms. The standard InChI is InChI=1S/C21H17Cl2FN2O4S/c1-30-14-7-5-13(6-8-14)12-25-31(28,29)15-9-10-18(24)16(11-15)21(27)26-19-4-2-3-17(22)20(19)23/h2-11,25H,12H2,1H3,(H,26,27). The summed E-state index contributed by atoms with van der Waals surface area (Å²) in [6.45, 7) is 0.00333. The van der Waals surface area contributed by atoms with Gasteiger partial charge in [0.1, 0.15) is 11.6 Å². The molecular formula is C21H17Cl2FN2O4S. The molecule has 2 N–H and O–H groups in total. The summed E-state index contributed by atoms with van der Waals surface area (Å²) in [5.74, 6) is -1.11. The monoisotopic (exact) mass is 482 g/mol. The van der Waals surface area contributed by atoms with Crippen LogP contribution >= 0.6 is 23.2 Å². The van der Waals surface area contributed by atoms with Gasteiger partial charge in [-0.25, -0.2) is 17.5 Å². The van der Waals surface area contributed by atoms with Crippen LogP contribution in [-0.4, -0.2) is 21.4 Å². The largest absolute Gasteiger partial charge is 0.497 e. The number of benzene rings is 3. The SMILES string of the molecule is COc1ccc(CNS(=O)(=O)c2ccc(F)c(C(=O)Nc3cccc(Cl)c3Cl)c2)cc1. The smallest absolute Gasteiger partial charge is 0.258 e. The fourth-order valence-corrected chi connectivity index (χ4v) is 4.03. The van der Waals surface area contributed by atoms with Crippen LogP contribution in [0.15, 0.2) is 65.6 Å². The molecule has 0 fully saturated rings. The van der Waals surface area contributed by atoms with Crippen molar-refractivity contribution in [3.8, 4) is 5.75 Å². The molecule has 0 aliphatic carbocycles. The Balaban J connectivity index is 1.79. The second kappa shape index (κ2) is 9.65. The number of amides is 1. The first-order valence-corrected chi connectivity index (χ1v) is 11.1. The predicted octanol–water partition coefficient (Wildman–Crippen LogP) is 4.87. The average Bonchev–Trinajstić information content (AvgIpc) is 2.76. The van der Waals surface area contributed by atoms with E-state index in [1.54, 1.807) is 30.3 Å². The predicted molar refractivity (Wildman–Crippen MR) is 118 cm³/mol. The molecule has 3 rings (SSSR count). The number of carbonyl (C=O) groups is 1. The highest BCUT2D eigenvalue weighted by Gasteiger charge is 2.20. The Kier molecular flexibility index (Phi) is 7.17. The Labute approximate surface area is 189 Å². The van der Waals surface area contributed by atoms with Crippen molar-refractivity contribution in [2.75, 3.05) is 12.4 Å². The maximum absolute atomic E-state index is 14.3. The Morgan fingerprint density at radius 1 is 1.06 bits per heavy atom. The van der Waals surface area contributed by atoms with Crippen LogP contribution < -0.4 is 14.8 Å². The molecule has 3 aromatic carbocycles. The molecular weight excluding hydrogens is 466 g/mol. The molecule has 0 saturated carbocycles. The lowest BCUT2D eigenvalue weighted by Gasteiger charge is -2.11. The molecule has 0 radical (unpaired) electrons. The third-order valence-electron chi connectivity index (χ3n) is 4.32. The molecule has 0 aliphatic rings. The van der Waals surface area contributed by atoms with Gasteiger partial charge in [-0.1, -0.05) is 41.4 Å². The lowest BCUT2D eigenvalue weighted by Crippen LogP contribution is -2.24. The first-order valence-electron chi connectivity index (χ1n) is 8.89. The first kappa shape index (κ1) is 23.0. The minimum absolute atomic E-state index is 0.00333. The van der Waals surface area contributed by atoms with Gasteiger partial charge in [0.05, 0.1) is 33.3 Å². The van der Waals surface area contributed by atoms with Crippen LogP contribution in [0.4, 0.5) is 10.1 Å². The number of ether oxygens (including phenoxy) is 1. The molecule has 162 valence electrons. The number of hydrogen-bond acceptors (Lipinski definition) is 4. The van der Waals surface area contributed by atoms with Crippen molar-refractivity contribution in [3.05, 3.63) is 87.7 Å². The number of halogens is 3. The van der Waals surface area contributed by atoms with E-state index in [2.05, 4.69) is 10.0 Å². The molecule has 31 heavy (non-hydrogen) atoms. The number of hydrogen-bond donors (Lipinski definition) is 2. The van der Waals surface area contributed by atoms with Crippen molar-refractivity contribution in [2.24, 2.45) is 0 Å². The fraction of sp³-hybridized carbons (Fsp3) is 0.0952. The molecule has 0 bridgehead atoms. The van der Waals surface area contributed by atoms with Gasteiger partial charge in [-0.2, -0.15) is 0 Å². The molecule has 1 amide bonds. The molecule has 10 heteroatoms. The summed E-state index contributed by atoms with van der Waals surface area (Å²) in [6.07, 6.45) is 0. The zero-order chi connectivity index (χ0) is 22.6. The van der Waals surface area contributed by atoms with Crippen molar-refractivity contribution < 1.29 is 22.3 Å². The van der Waals surface area contributed by atoms with Crippen LogP contribution in [-0.2, 0) is 16.6 Å². The van der Waals surface area contributed by atoms with Gasteiger partial charge in [0, 0.05) is 6.54 Å². The van der Waals surface area contributed by atoms with E-state index < -0.39 is 27.3 Å². The summed E-state index contributed by atoms with van der Waals surface area (Å²) < 4.78 is 47.0. The Bertz CT molecular complexity index is 1220. The number of sulfonamides is 1. The molecule has 0 saturated heterocycles. The maximum Gasteiger partial charge on any atom is 0.258 e. The average molecular weight is 483 g/mol. The number of rotatable bonds is 7. The first-order chi connectivity index (χ1) is 14.7. The lowest BCUT2D eigenvalue weighted by molar-refractivity contribution is 0.102. The number of anilines is 1. The molecule has 0 heterocycles. The summed E-state index contributed by atoms with van der Waals surface area (Å²) >= 11 is 11.9. The molecule has 0 aliphatic heterocycles. The van der Waals surface area contributed by atoms with Gasteiger partial charge in [-0.15, -0.1) is 0 Å². The van der Waals surface area contributed by atoms with Gasteiger partial charge in [-0.05, 0) is 48.0 Å². The lowest BCUT2D eigenvalue weighted by atomic mass is 10.2. The van der Waals surface area contributed by atoms with Gasteiger partial charge in [0.2, 0.25) is 10.0 Å². The summed E-state index contributed by atoms with van der Waals surface area (Å²) in [5.41, 5.74) is 0.410. The van der Waals surface area contributed by atoms with E-state index in [-0.39, 0.29) is 27.2 Å². The molecule has 0 aromatic heterocycles. The Hall–Kier alpha value is -2.65. The summed E-state index contributed by atoms with van der Waals surface area (Å²) in [6, 6.07) is 14.3. The van der Waals surface area contributed by atoms with Crippen LogP contribution in [0.5, 0.6) is 5.75 Å². The van der Waals surface area contributed by atoms with E-state index in [1.165, 1.54) is 19.2 Å². The zero-order valence-electron chi connectivity index (χ0n) is 16.2. The topological polar surface area (TPSA) is 84.5 Å². The van der Waals surface area contributed by atoms with E-state index >= 15 is 0 Å². The summed E-state index contributed by atoms with van der Waals surface area (Å²) in [4.78, 5) is 12.3. The van der Waals surface area contributed by atoms with Crippen LogP contribution in [0.2, 0.25) is 10.0 Å². The number of methoxy groups -OCH3 is 1. The second-order valence-corrected chi connectivity index (χ2v) is 8.92. The Morgan fingerprint density at radius 2 is 1.77 bits per heavy atom. The highest BCUT2D eigenvalue weighted by atomic mass is 35.5. The van der Waals surface area contributed by atoms with Crippen LogP contribution in [0.3, 0.4) is 0 Å². The summed E-state index contributed by atoms with van der Waals surface area (Å²) in [5, 5.41) is 2.73. The van der Waals surface area contributed by atoms with Crippen LogP contribution in [0.1, 0.15) is 15.9 Å². The van der Waals surface area contributed by atoms with Crippen molar-refractivity contribution >= 4 is 44.8 Å². The third-order valence-corrected chi connectivity index (χ3v) is 6.54. The zero-order valence-corrected chi connectivity index (χ0v) is 18.5. The van der Waals surface area contributed by atoms with Gasteiger partial charge in [0.25, 0.3) is 5.91 Å². The van der Waals surface area contributed by atoms with E-state index in [0.717, 1.165) is 18.2 Å². The number of nitrogens with one attached hydrogen (secondary N) is 2. The molecule has 0 atom stereocenters. The molecule has 6 nitrogen and oxygen atoms in total. The minimum atomic E-state index is -4.01. The van der Waals surface area contributed by atoms with Gasteiger partial charge in [-0.3, -0.25) is 4.79 Å². The third kappa shape index (κ3) is 5.54. The maximum atomic E-state index is 14.3. The van der Waals surface area contributed by atoms with E-state index in [4.69, 9.17) is 27.9 Å². The van der Waals surface area contributed by atoms with Crippen LogP contribution in [0.25, 0.3) is 0 Å². The van der Waals surface area contributed by atoms with E-state index in [1.807, 2.05) is 0 Å². The van der Waals surface area contributed by atoms with E-state index in [0.29, 0.717) is 11.3 Å². The fourth-order valence-electron chi connectivity index (χ4n) is 2.64. The molecule has 3 aromatic rings. The summed E-state index contributed by atoms with van der Waals surface area (Å²) in [7, 11) is -2.48. The van der Waals surface area contributed by atoms with Crippen molar-refractivity contribution in [1.29, 1.82) is 0 Å². The van der Waals surface area contributed by atoms with Crippen molar-refractivity contribution in [2.45, 2.75) is 11.4 Å². The highest BCUT2D eigenvalue weighted by Crippen LogP contribution is 2.30. The van der Waals surface area contributed by atoms with Gasteiger partial charge >= 0.3 is 0 Å². The quantitative estimate of drug-likeness (QED) is 0.502. The van der Waals surface area contributed by atoms with Gasteiger partial charge < -0.3 is 10.1 Å². The van der Waals surface area contributed by atoms with Crippen molar-refractivity contribution in [1.82, 2.24) is 4.72 Å². The second-order valence-electron chi connectivity index (χ2n) is 6.37.